The van der Waals surface area contributed by atoms with Gasteiger partial charge in [0.2, 0.25) is 0 Å². The summed E-state index contributed by atoms with van der Waals surface area (Å²) in [6.45, 7) is 4.87. The number of nitrogen functional groups attached to an aromatic ring is 1. The summed E-state index contributed by atoms with van der Waals surface area (Å²) >= 11 is 9.40. The van der Waals surface area contributed by atoms with E-state index in [1.165, 1.54) is 0 Å². The van der Waals surface area contributed by atoms with E-state index in [1.807, 2.05) is 0 Å². The molecule has 0 aliphatic heterocycles. The molecule has 4 N–H and O–H groups in total. The fourth-order valence-corrected chi connectivity index (χ4v) is 2.19. The highest BCUT2D eigenvalue weighted by molar-refractivity contribution is 9.10. The Morgan fingerprint density at radius 1 is 1.53 bits per heavy atom. The Labute approximate surface area is 114 Å². The number of nitrogens with one attached hydrogen (secondary N) is 2. The lowest BCUT2D eigenvalue weighted by molar-refractivity contribution is 0.0954. The van der Waals surface area contributed by atoms with E-state index >= 15 is 0 Å². The zero-order valence-electron chi connectivity index (χ0n) is 9.68. The second-order valence-corrected chi connectivity index (χ2v) is 5.38. The number of hydrogen-bond donors (Lipinski definition) is 3. The average Bonchev–Trinajstić information content (AvgIpc) is 2.25. The number of rotatable bonds is 4. The molecule has 0 heterocycles. The quantitative estimate of drug-likeness (QED) is 0.454. The smallest absolute Gasteiger partial charge is 0.267 e. The Balaban J connectivity index is 3.11. The summed E-state index contributed by atoms with van der Waals surface area (Å²) in [5, 5.41) is 3.64. The van der Waals surface area contributed by atoms with Crippen LogP contribution >= 0.6 is 27.5 Å². The first-order valence-electron chi connectivity index (χ1n) is 5.19. The van der Waals surface area contributed by atoms with E-state index in [1.54, 1.807) is 12.1 Å². The van der Waals surface area contributed by atoms with E-state index < -0.39 is 0 Å². The molecule has 1 aromatic rings. The third-order valence-corrected chi connectivity index (χ3v) is 2.87. The minimum absolute atomic E-state index is 0.376. The van der Waals surface area contributed by atoms with Crippen molar-refractivity contribution in [1.29, 1.82) is 0 Å². The maximum Gasteiger partial charge on any atom is 0.267 e. The molecule has 17 heavy (non-hydrogen) atoms. The molecular formula is C11H15BrClN3O. The highest BCUT2D eigenvalue weighted by atomic mass is 79.9. The number of hydrogen-bond acceptors (Lipinski definition) is 3. The SMILES string of the molecule is CC(C)CNc1c(Cl)cc(Br)cc1C(=O)NN. The molecule has 0 saturated heterocycles. The minimum atomic E-state index is -0.376. The Bertz CT molecular complexity index is 423. The van der Waals surface area contributed by atoms with Gasteiger partial charge in [0.1, 0.15) is 0 Å². The number of halogens is 2. The minimum Gasteiger partial charge on any atom is -0.383 e. The lowest BCUT2D eigenvalue weighted by Gasteiger charge is -2.15. The molecule has 6 heteroatoms. The van der Waals surface area contributed by atoms with E-state index in [4.69, 9.17) is 17.4 Å². The van der Waals surface area contributed by atoms with Gasteiger partial charge in [-0.15, -0.1) is 0 Å². The van der Waals surface area contributed by atoms with Gasteiger partial charge in [-0.05, 0) is 18.1 Å². The van der Waals surface area contributed by atoms with Gasteiger partial charge >= 0.3 is 0 Å². The molecule has 0 aromatic heterocycles. The van der Waals surface area contributed by atoms with Crippen molar-refractivity contribution >= 4 is 39.1 Å². The second kappa shape index (κ2) is 6.23. The number of carbonyl (C=O) groups is 1. The Morgan fingerprint density at radius 3 is 2.71 bits per heavy atom. The molecule has 0 aliphatic carbocycles. The summed E-state index contributed by atoms with van der Waals surface area (Å²) in [5.41, 5.74) is 3.13. The van der Waals surface area contributed by atoms with Crippen LogP contribution in [0.5, 0.6) is 0 Å². The molecule has 0 saturated carbocycles. The maximum atomic E-state index is 11.6. The van der Waals surface area contributed by atoms with Crippen molar-refractivity contribution in [2.24, 2.45) is 11.8 Å². The van der Waals surface area contributed by atoms with Crippen molar-refractivity contribution in [2.45, 2.75) is 13.8 Å². The van der Waals surface area contributed by atoms with Crippen molar-refractivity contribution in [3.8, 4) is 0 Å². The molecule has 94 valence electrons. The van der Waals surface area contributed by atoms with Crippen LogP contribution in [0.4, 0.5) is 5.69 Å². The summed E-state index contributed by atoms with van der Waals surface area (Å²) in [5.74, 6) is 5.22. The van der Waals surface area contributed by atoms with Crippen LogP contribution in [0.1, 0.15) is 24.2 Å². The molecule has 4 nitrogen and oxygen atoms in total. The number of carbonyl (C=O) groups excluding carboxylic acids is 1. The number of benzene rings is 1. The standard InChI is InChI=1S/C11H15BrClN3O/c1-6(2)5-15-10-8(11(17)16-14)3-7(12)4-9(10)13/h3-4,6,15H,5,14H2,1-2H3,(H,16,17). The molecule has 0 radical (unpaired) electrons. The molecule has 1 rings (SSSR count). The fourth-order valence-electron chi connectivity index (χ4n) is 1.32. The number of hydrazine groups is 1. The number of nitrogens with two attached hydrogens (primary N) is 1. The second-order valence-electron chi connectivity index (χ2n) is 4.06. The molecule has 1 amide bonds. The highest BCUT2D eigenvalue weighted by Gasteiger charge is 2.15. The van der Waals surface area contributed by atoms with Gasteiger partial charge < -0.3 is 5.32 Å². The van der Waals surface area contributed by atoms with Gasteiger partial charge in [-0.1, -0.05) is 41.4 Å². The summed E-state index contributed by atoms with van der Waals surface area (Å²) in [6, 6.07) is 3.41. The van der Waals surface area contributed by atoms with Gasteiger partial charge in [-0.3, -0.25) is 10.2 Å². The van der Waals surface area contributed by atoms with Crippen LogP contribution in [0.2, 0.25) is 5.02 Å². The topological polar surface area (TPSA) is 67.2 Å². The zero-order chi connectivity index (χ0) is 13.0. The van der Waals surface area contributed by atoms with Crippen LogP contribution in [-0.2, 0) is 0 Å². The summed E-state index contributed by atoms with van der Waals surface area (Å²) in [7, 11) is 0. The van der Waals surface area contributed by atoms with Crippen molar-refractivity contribution in [1.82, 2.24) is 5.43 Å². The van der Waals surface area contributed by atoms with E-state index in [9.17, 15) is 4.79 Å². The van der Waals surface area contributed by atoms with Gasteiger partial charge in [0.25, 0.3) is 5.91 Å². The van der Waals surface area contributed by atoms with Crippen molar-refractivity contribution < 1.29 is 4.79 Å². The maximum absolute atomic E-state index is 11.6. The molecular weight excluding hydrogens is 305 g/mol. The molecule has 0 atom stereocenters. The summed E-state index contributed by atoms with van der Waals surface area (Å²) in [6.07, 6.45) is 0. The van der Waals surface area contributed by atoms with Crippen molar-refractivity contribution in [3.63, 3.8) is 0 Å². The van der Waals surface area contributed by atoms with E-state index in [0.717, 1.165) is 11.0 Å². The van der Waals surface area contributed by atoms with E-state index in [0.29, 0.717) is 22.2 Å². The van der Waals surface area contributed by atoms with Crippen LogP contribution in [0.15, 0.2) is 16.6 Å². The average molecular weight is 321 g/mol. The summed E-state index contributed by atoms with van der Waals surface area (Å²) < 4.78 is 0.733. The van der Waals surface area contributed by atoms with Gasteiger partial charge in [-0.2, -0.15) is 0 Å². The van der Waals surface area contributed by atoms with Crippen molar-refractivity contribution in [2.75, 3.05) is 11.9 Å². The van der Waals surface area contributed by atoms with Crippen LogP contribution in [0.25, 0.3) is 0 Å². The predicted octanol–water partition coefficient (Wildman–Crippen LogP) is 2.77. The van der Waals surface area contributed by atoms with E-state index in [-0.39, 0.29) is 5.91 Å². The van der Waals surface area contributed by atoms with Crippen LogP contribution in [0, 0.1) is 5.92 Å². The largest absolute Gasteiger partial charge is 0.383 e. The first-order valence-corrected chi connectivity index (χ1v) is 6.36. The van der Waals surface area contributed by atoms with Gasteiger partial charge in [0.05, 0.1) is 16.3 Å². The molecule has 0 fully saturated rings. The lowest BCUT2D eigenvalue weighted by Crippen LogP contribution is -2.31. The monoisotopic (exact) mass is 319 g/mol. The number of amides is 1. The predicted molar refractivity (Wildman–Crippen MR) is 74.1 cm³/mol. The Morgan fingerprint density at radius 2 is 2.18 bits per heavy atom. The fraction of sp³-hybridized carbons (Fsp3) is 0.364. The van der Waals surface area contributed by atoms with Gasteiger partial charge in [0.15, 0.2) is 0 Å². The first-order chi connectivity index (χ1) is 7.95. The van der Waals surface area contributed by atoms with Crippen molar-refractivity contribution in [3.05, 3.63) is 27.2 Å². The van der Waals surface area contributed by atoms with E-state index in [2.05, 4.69) is 40.5 Å². The normalized spacial score (nSPS) is 10.5. The summed E-state index contributed by atoms with van der Waals surface area (Å²) in [4.78, 5) is 11.6. The van der Waals surface area contributed by atoms with Gasteiger partial charge in [-0.25, -0.2) is 5.84 Å². The third-order valence-electron chi connectivity index (χ3n) is 2.12. The molecule has 1 aromatic carbocycles. The zero-order valence-corrected chi connectivity index (χ0v) is 12.0. The number of anilines is 1. The Hall–Kier alpha value is -0.780. The van der Waals surface area contributed by atoms with Gasteiger partial charge in [0, 0.05) is 11.0 Å². The van der Waals surface area contributed by atoms with Crippen LogP contribution in [0.3, 0.4) is 0 Å². The lowest BCUT2D eigenvalue weighted by atomic mass is 10.1. The van der Waals surface area contributed by atoms with Crippen LogP contribution < -0.4 is 16.6 Å². The third kappa shape index (κ3) is 3.87. The Kier molecular flexibility index (Phi) is 5.24. The highest BCUT2D eigenvalue weighted by Crippen LogP contribution is 2.30. The molecule has 0 spiro atoms. The van der Waals surface area contributed by atoms with Crippen LogP contribution in [-0.4, -0.2) is 12.5 Å². The molecule has 0 bridgehead atoms. The molecule has 0 aliphatic rings. The first kappa shape index (κ1) is 14.3. The molecule has 0 unspecified atom stereocenters.